The van der Waals surface area contributed by atoms with Crippen LogP contribution in [-0.4, -0.2) is 23.2 Å². The number of ether oxygens (including phenoxy) is 2. The number of nitrogens with one attached hydrogen (secondary N) is 2. The zero-order valence-electron chi connectivity index (χ0n) is 8.00. The summed E-state index contributed by atoms with van der Waals surface area (Å²) >= 11 is 0. The van der Waals surface area contributed by atoms with Gasteiger partial charge in [0.2, 0.25) is 0 Å². The summed E-state index contributed by atoms with van der Waals surface area (Å²) in [7, 11) is 0. The Hall–Kier alpha value is -1.91. The number of benzene rings is 1. The predicted molar refractivity (Wildman–Crippen MR) is 54.5 cm³/mol. The molecule has 0 amide bonds. The fourth-order valence-electron chi connectivity index (χ4n) is 1.69. The molecule has 2 N–H and O–H groups in total. The first-order chi connectivity index (χ1) is 7.33. The van der Waals surface area contributed by atoms with E-state index in [0.29, 0.717) is 24.7 Å². The first kappa shape index (κ1) is 8.40. The highest BCUT2D eigenvalue weighted by Crippen LogP contribution is 2.32. The summed E-state index contributed by atoms with van der Waals surface area (Å²) in [5.74, 6) is 1.38. The monoisotopic (exact) mass is 206 g/mol. The molecule has 2 aromatic rings. The summed E-state index contributed by atoms with van der Waals surface area (Å²) in [6.45, 7) is 1.29. The second kappa shape index (κ2) is 3.05. The fourth-order valence-corrected chi connectivity index (χ4v) is 1.69. The minimum atomic E-state index is -0.217. The Morgan fingerprint density at radius 2 is 1.53 bits per heavy atom. The lowest BCUT2D eigenvalue weighted by molar-refractivity contribution is 0.297. The number of hydrogen-bond donors (Lipinski definition) is 2. The molecule has 1 aliphatic heterocycles. The van der Waals surface area contributed by atoms with Gasteiger partial charge in [-0.25, -0.2) is 4.79 Å². The highest BCUT2D eigenvalue weighted by atomic mass is 16.5. The average Bonchev–Trinajstić information content (AvgIpc) is 2.44. The lowest BCUT2D eigenvalue weighted by Crippen LogP contribution is -1.99. The third-order valence-corrected chi connectivity index (χ3v) is 2.38. The molecule has 3 rings (SSSR count). The number of H-pyrrole nitrogens is 2. The maximum absolute atomic E-state index is 11.1. The third-order valence-electron chi connectivity index (χ3n) is 2.38. The summed E-state index contributed by atoms with van der Waals surface area (Å²) < 4.78 is 11.0. The fraction of sp³-hybridized carbons (Fsp3) is 0.300. The Kier molecular flexibility index (Phi) is 1.71. The van der Waals surface area contributed by atoms with E-state index < -0.39 is 0 Å². The van der Waals surface area contributed by atoms with Gasteiger partial charge in [-0.3, -0.25) is 0 Å². The Bertz CT molecular complexity index is 509. The van der Waals surface area contributed by atoms with Crippen molar-refractivity contribution in [3.63, 3.8) is 0 Å². The van der Waals surface area contributed by atoms with Gasteiger partial charge in [0.25, 0.3) is 0 Å². The molecule has 0 aliphatic carbocycles. The van der Waals surface area contributed by atoms with Crippen molar-refractivity contribution in [3.05, 3.63) is 22.6 Å². The number of rotatable bonds is 0. The van der Waals surface area contributed by atoms with E-state index in [1.807, 2.05) is 0 Å². The van der Waals surface area contributed by atoms with Crippen LogP contribution in [0.4, 0.5) is 0 Å². The molecule has 0 radical (unpaired) electrons. The summed E-state index contributed by atoms with van der Waals surface area (Å²) in [5.41, 5.74) is 1.26. The summed E-state index contributed by atoms with van der Waals surface area (Å²) in [6, 6.07) is 3.57. The van der Waals surface area contributed by atoms with E-state index in [1.165, 1.54) is 0 Å². The molecule has 1 aliphatic rings. The van der Waals surface area contributed by atoms with Crippen molar-refractivity contribution < 1.29 is 9.47 Å². The van der Waals surface area contributed by atoms with Gasteiger partial charge in [-0.05, 0) is 0 Å². The van der Waals surface area contributed by atoms with E-state index in [9.17, 15) is 4.79 Å². The second-order valence-electron chi connectivity index (χ2n) is 3.47. The van der Waals surface area contributed by atoms with E-state index in [4.69, 9.17) is 9.47 Å². The SMILES string of the molecule is O=c1[nH]c2cc3c(cc2[nH]1)OCCCO3. The summed E-state index contributed by atoms with van der Waals surface area (Å²) in [6.07, 6.45) is 0.874. The molecule has 15 heavy (non-hydrogen) atoms. The van der Waals surface area contributed by atoms with Crippen LogP contribution in [0.5, 0.6) is 11.5 Å². The Labute approximate surface area is 85.0 Å². The molecular formula is C10H10N2O3. The average molecular weight is 206 g/mol. The molecule has 5 nitrogen and oxygen atoms in total. The molecule has 5 heteroatoms. The van der Waals surface area contributed by atoms with Crippen LogP contribution in [0, 0.1) is 0 Å². The molecule has 78 valence electrons. The van der Waals surface area contributed by atoms with Gasteiger partial charge in [-0.15, -0.1) is 0 Å². The number of fused-ring (bicyclic) bond motifs is 2. The van der Waals surface area contributed by atoms with Gasteiger partial charge in [0.15, 0.2) is 11.5 Å². The highest BCUT2D eigenvalue weighted by molar-refractivity contribution is 5.79. The van der Waals surface area contributed by atoms with E-state index >= 15 is 0 Å². The van der Waals surface area contributed by atoms with Gasteiger partial charge in [-0.2, -0.15) is 0 Å². The standard InChI is InChI=1S/C10H10N2O3/c13-10-11-6-4-8-9(5-7(6)12-10)15-3-1-2-14-8/h4-5H,1-3H2,(H2,11,12,13). The Morgan fingerprint density at radius 1 is 1.00 bits per heavy atom. The van der Waals surface area contributed by atoms with Crippen LogP contribution in [0.15, 0.2) is 16.9 Å². The van der Waals surface area contributed by atoms with Crippen LogP contribution in [0.2, 0.25) is 0 Å². The molecule has 0 bridgehead atoms. The maximum Gasteiger partial charge on any atom is 0.323 e. The first-order valence-electron chi connectivity index (χ1n) is 4.84. The van der Waals surface area contributed by atoms with E-state index in [1.54, 1.807) is 12.1 Å². The van der Waals surface area contributed by atoms with Crippen molar-refractivity contribution in [2.45, 2.75) is 6.42 Å². The van der Waals surface area contributed by atoms with Gasteiger partial charge in [0.05, 0.1) is 24.2 Å². The highest BCUT2D eigenvalue weighted by Gasteiger charge is 2.12. The third kappa shape index (κ3) is 1.36. The van der Waals surface area contributed by atoms with Crippen molar-refractivity contribution in [2.75, 3.05) is 13.2 Å². The molecular weight excluding hydrogens is 196 g/mol. The minimum Gasteiger partial charge on any atom is -0.489 e. The predicted octanol–water partition coefficient (Wildman–Crippen LogP) is 1.02. The van der Waals surface area contributed by atoms with Crippen molar-refractivity contribution in [1.82, 2.24) is 9.97 Å². The van der Waals surface area contributed by atoms with Gasteiger partial charge in [0.1, 0.15) is 0 Å². The quantitative estimate of drug-likeness (QED) is 0.676. The van der Waals surface area contributed by atoms with Crippen molar-refractivity contribution >= 4 is 11.0 Å². The van der Waals surface area contributed by atoms with Gasteiger partial charge < -0.3 is 19.4 Å². The molecule has 0 saturated heterocycles. The van der Waals surface area contributed by atoms with Crippen LogP contribution >= 0.6 is 0 Å². The van der Waals surface area contributed by atoms with Crippen molar-refractivity contribution in [1.29, 1.82) is 0 Å². The zero-order valence-corrected chi connectivity index (χ0v) is 8.00. The minimum absolute atomic E-state index is 0.217. The summed E-state index contributed by atoms with van der Waals surface area (Å²) in [4.78, 5) is 16.4. The van der Waals surface area contributed by atoms with Gasteiger partial charge in [0, 0.05) is 18.6 Å². The van der Waals surface area contributed by atoms with Crippen molar-refractivity contribution in [3.8, 4) is 11.5 Å². The van der Waals surface area contributed by atoms with Crippen LogP contribution < -0.4 is 15.2 Å². The summed E-state index contributed by atoms with van der Waals surface area (Å²) in [5, 5.41) is 0. The number of aromatic amines is 2. The molecule has 0 fully saturated rings. The smallest absolute Gasteiger partial charge is 0.323 e. The Balaban J connectivity index is 2.23. The van der Waals surface area contributed by atoms with Crippen LogP contribution in [0.25, 0.3) is 11.0 Å². The number of hydrogen-bond acceptors (Lipinski definition) is 3. The topological polar surface area (TPSA) is 67.1 Å². The molecule has 0 saturated carbocycles. The van der Waals surface area contributed by atoms with E-state index in [2.05, 4.69) is 9.97 Å². The Morgan fingerprint density at radius 3 is 2.07 bits per heavy atom. The molecule has 0 atom stereocenters. The van der Waals surface area contributed by atoms with Gasteiger partial charge in [-0.1, -0.05) is 0 Å². The zero-order chi connectivity index (χ0) is 10.3. The maximum atomic E-state index is 11.1. The molecule has 1 aromatic heterocycles. The molecule has 2 heterocycles. The second-order valence-corrected chi connectivity index (χ2v) is 3.47. The number of aromatic nitrogens is 2. The van der Waals surface area contributed by atoms with Crippen LogP contribution in [0.1, 0.15) is 6.42 Å². The molecule has 0 unspecified atom stereocenters. The number of imidazole rings is 1. The van der Waals surface area contributed by atoms with E-state index in [-0.39, 0.29) is 5.69 Å². The van der Waals surface area contributed by atoms with Crippen LogP contribution in [-0.2, 0) is 0 Å². The van der Waals surface area contributed by atoms with Crippen LogP contribution in [0.3, 0.4) is 0 Å². The normalized spacial score (nSPS) is 15.2. The molecule has 1 aromatic carbocycles. The lowest BCUT2D eigenvalue weighted by Gasteiger charge is -2.05. The van der Waals surface area contributed by atoms with Crippen molar-refractivity contribution in [2.24, 2.45) is 0 Å². The van der Waals surface area contributed by atoms with E-state index in [0.717, 1.165) is 17.5 Å². The first-order valence-corrected chi connectivity index (χ1v) is 4.84. The van der Waals surface area contributed by atoms with Gasteiger partial charge >= 0.3 is 5.69 Å². The lowest BCUT2D eigenvalue weighted by atomic mass is 10.3. The molecule has 0 spiro atoms. The largest absolute Gasteiger partial charge is 0.489 e.